The Hall–Kier alpha value is -3.46. The van der Waals surface area contributed by atoms with Crippen molar-refractivity contribution in [3.8, 4) is 23.1 Å². The van der Waals surface area contributed by atoms with Gasteiger partial charge in [-0.2, -0.15) is 4.98 Å². The van der Waals surface area contributed by atoms with Crippen LogP contribution in [-0.2, 0) is 19.5 Å². The Balaban J connectivity index is 1.46. The first-order valence-electron chi connectivity index (χ1n) is 11.9. The molecule has 0 spiro atoms. The summed E-state index contributed by atoms with van der Waals surface area (Å²) in [5, 5.41) is 10.5. The van der Waals surface area contributed by atoms with Crippen molar-refractivity contribution in [2.75, 3.05) is 31.6 Å². The molecule has 3 heterocycles. The normalized spacial score (nSPS) is 16.1. The highest BCUT2D eigenvalue weighted by Crippen LogP contribution is 2.35. The van der Waals surface area contributed by atoms with Gasteiger partial charge in [-0.1, -0.05) is 12.1 Å². The minimum absolute atomic E-state index is 0.121. The molecular weight excluding hydrogens is 454 g/mol. The molecule has 0 unspecified atom stereocenters. The van der Waals surface area contributed by atoms with Gasteiger partial charge in [0.15, 0.2) is 23.1 Å². The van der Waals surface area contributed by atoms with Crippen molar-refractivity contribution in [1.29, 1.82) is 0 Å². The van der Waals surface area contributed by atoms with Gasteiger partial charge in [-0.15, -0.1) is 0 Å². The van der Waals surface area contributed by atoms with Crippen LogP contribution in [0.2, 0.25) is 0 Å². The molecule has 2 aromatic carbocycles. The van der Waals surface area contributed by atoms with Gasteiger partial charge in [0, 0.05) is 50.8 Å². The smallest absolute Gasteiger partial charge is 0.228 e. The van der Waals surface area contributed by atoms with E-state index in [9.17, 15) is 13.9 Å². The van der Waals surface area contributed by atoms with Gasteiger partial charge in [-0.3, -0.25) is 4.90 Å². The Bertz CT molecular complexity index is 1220. The highest BCUT2D eigenvalue weighted by molar-refractivity contribution is 5.46. The van der Waals surface area contributed by atoms with Crippen LogP contribution in [0.25, 0.3) is 0 Å². The van der Waals surface area contributed by atoms with E-state index in [1.807, 2.05) is 12.1 Å². The number of phenolic OH excluding ortho intramolecular Hbond substituents is 1. The van der Waals surface area contributed by atoms with Crippen molar-refractivity contribution >= 4 is 5.95 Å². The maximum Gasteiger partial charge on any atom is 0.228 e. The quantitative estimate of drug-likeness (QED) is 0.541. The van der Waals surface area contributed by atoms with Gasteiger partial charge in [0.2, 0.25) is 11.8 Å². The highest BCUT2D eigenvalue weighted by Gasteiger charge is 2.27. The van der Waals surface area contributed by atoms with Gasteiger partial charge in [0.25, 0.3) is 0 Å². The van der Waals surface area contributed by atoms with E-state index < -0.39 is 11.6 Å². The molecule has 3 aromatic rings. The zero-order chi connectivity index (χ0) is 24.4. The van der Waals surface area contributed by atoms with Gasteiger partial charge >= 0.3 is 0 Å². The fourth-order valence-electron chi connectivity index (χ4n) is 4.63. The summed E-state index contributed by atoms with van der Waals surface area (Å²) < 4.78 is 38.6. The van der Waals surface area contributed by atoms with Crippen molar-refractivity contribution < 1.29 is 23.4 Å². The van der Waals surface area contributed by atoms with E-state index in [0.29, 0.717) is 37.1 Å². The molecular formula is C26H28F2N4O3. The third-order valence-electron chi connectivity index (χ3n) is 6.53. The van der Waals surface area contributed by atoms with Crippen LogP contribution in [0.4, 0.5) is 14.7 Å². The van der Waals surface area contributed by atoms with Crippen molar-refractivity contribution in [2.24, 2.45) is 0 Å². The van der Waals surface area contributed by atoms with Gasteiger partial charge < -0.3 is 19.5 Å². The number of benzene rings is 2. The summed E-state index contributed by atoms with van der Waals surface area (Å²) in [5.41, 5.74) is 2.45. The van der Waals surface area contributed by atoms with Gasteiger partial charge in [0.05, 0.1) is 18.4 Å². The predicted octanol–water partition coefficient (Wildman–Crippen LogP) is 4.81. The molecule has 2 aliphatic rings. The fourth-order valence-corrected chi connectivity index (χ4v) is 4.63. The second kappa shape index (κ2) is 10.0. The van der Waals surface area contributed by atoms with E-state index in [0.717, 1.165) is 61.4 Å². The molecule has 0 atom stereocenters. The highest BCUT2D eigenvalue weighted by atomic mass is 19.2. The average molecular weight is 483 g/mol. The molecule has 184 valence electrons. The zero-order valence-corrected chi connectivity index (χ0v) is 19.6. The lowest BCUT2D eigenvalue weighted by molar-refractivity contribution is 0.234. The van der Waals surface area contributed by atoms with Crippen molar-refractivity contribution in [1.82, 2.24) is 14.9 Å². The second-order valence-electron chi connectivity index (χ2n) is 8.91. The number of ether oxygens (including phenoxy) is 2. The second-order valence-corrected chi connectivity index (χ2v) is 8.91. The molecule has 0 amide bonds. The number of aromatic hydroxyl groups is 1. The van der Waals surface area contributed by atoms with E-state index in [1.165, 1.54) is 19.6 Å². The maximum absolute atomic E-state index is 13.9. The van der Waals surface area contributed by atoms with Crippen molar-refractivity contribution in [3.63, 3.8) is 0 Å². The van der Waals surface area contributed by atoms with Crippen LogP contribution in [0.5, 0.6) is 23.1 Å². The third-order valence-corrected chi connectivity index (χ3v) is 6.53. The summed E-state index contributed by atoms with van der Waals surface area (Å²) in [4.78, 5) is 13.9. The largest absolute Gasteiger partial charge is 0.504 e. The van der Waals surface area contributed by atoms with Crippen LogP contribution in [0.1, 0.15) is 36.1 Å². The SMILES string of the molecule is COc1cccc(CN2CCc3nc(N4CCCCC4)nc(Oc4ccc(F)c(F)c4)c3C2)c1O. The number of para-hydroxylation sites is 1. The Morgan fingerprint density at radius 3 is 2.60 bits per heavy atom. The van der Waals surface area contributed by atoms with Crippen LogP contribution in [0.15, 0.2) is 36.4 Å². The lowest BCUT2D eigenvalue weighted by Gasteiger charge is -2.32. The molecule has 0 aliphatic carbocycles. The molecule has 0 bridgehead atoms. The number of hydrogen-bond acceptors (Lipinski definition) is 7. The number of fused-ring (bicyclic) bond motifs is 1. The topological polar surface area (TPSA) is 71.0 Å². The van der Waals surface area contributed by atoms with Gasteiger partial charge in [-0.05, 0) is 37.5 Å². The zero-order valence-electron chi connectivity index (χ0n) is 19.6. The average Bonchev–Trinajstić information content (AvgIpc) is 2.88. The monoisotopic (exact) mass is 482 g/mol. The predicted molar refractivity (Wildman–Crippen MR) is 127 cm³/mol. The molecule has 5 rings (SSSR count). The lowest BCUT2D eigenvalue weighted by Crippen LogP contribution is -2.34. The fraction of sp³-hybridized carbons (Fsp3) is 0.385. The first kappa shape index (κ1) is 23.3. The summed E-state index contributed by atoms with van der Waals surface area (Å²) in [7, 11) is 1.52. The number of methoxy groups -OCH3 is 1. The number of nitrogens with zero attached hydrogens (tertiary/aromatic N) is 4. The number of rotatable bonds is 6. The summed E-state index contributed by atoms with van der Waals surface area (Å²) >= 11 is 0. The molecule has 7 nitrogen and oxygen atoms in total. The van der Waals surface area contributed by atoms with E-state index in [4.69, 9.17) is 19.4 Å². The van der Waals surface area contributed by atoms with Crippen LogP contribution >= 0.6 is 0 Å². The molecule has 1 aromatic heterocycles. The number of anilines is 1. The van der Waals surface area contributed by atoms with Crippen LogP contribution in [0, 0.1) is 11.6 Å². The van der Waals surface area contributed by atoms with E-state index >= 15 is 0 Å². The molecule has 0 radical (unpaired) electrons. The van der Waals surface area contributed by atoms with Crippen LogP contribution < -0.4 is 14.4 Å². The lowest BCUT2D eigenvalue weighted by atomic mass is 10.0. The summed E-state index contributed by atoms with van der Waals surface area (Å²) in [5.74, 6) is -0.220. The van der Waals surface area contributed by atoms with E-state index in [2.05, 4.69) is 9.80 Å². The van der Waals surface area contributed by atoms with Gasteiger partial charge in [-0.25, -0.2) is 13.8 Å². The summed E-state index contributed by atoms with van der Waals surface area (Å²) in [6.45, 7) is 3.49. The Labute approximate surface area is 202 Å². The van der Waals surface area contributed by atoms with Crippen LogP contribution in [-0.4, -0.2) is 46.7 Å². The minimum Gasteiger partial charge on any atom is -0.504 e. The first-order chi connectivity index (χ1) is 17.0. The van der Waals surface area contributed by atoms with Crippen molar-refractivity contribution in [2.45, 2.75) is 38.8 Å². The molecule has 2 aliphatic heterocycles. The molecule has 9 heteroatoms. The Morgan fingerprint density at radius 1 is 1.00 bits per heavy atom. The molecule has 1 fully saturated rings. The minimum atomic E-state index is -0.975. The number of halogens is 2. The maximum atomic E-state index is 13.9. The summed E-state index contributed by atoms with van der Waals surface area (Å²) in [6, 6.07) is 8.89. The van der Waals surface area contributed by atoms with Crippen molar-refractivity contribution in [3.05, 3.63) is 64.9 Å². The third kappa shape index (κ3) is 5.00. The molecule has 0 saturated carbocycles. The van der Waals surface area contributed by atoms with Gasteiger partial charge in [0.1, 0.15) is 5.75 Å². The number of phenols is 1. The number of hydrogen-bond donors (Lipinski definition) is 1. The number of aromatic nitrogens is 2. The molecule has 35 heavy (non-hydrogen) atoms. The Morgan fingerprint density at radius 2 is 1.83 bits per heavy atom. The van der Waals surface area contributed by atoms with E-state index in [1.54, 1.807) is 6.07 Å². The standard InChI is InChI=1S/C26H28F2N4O3/c1-34-23-7-5-6-17(24(23)33)15-31-13-10-22-19(16-31)25(35-18-8-9-20(27)21(28)14-18)30-26(29-22)32-11-3-2-4-12-32/h5-9,14,33H,2-4,10-13,15-16H2,1H3. The molecule has 1 saturated heterocycles. The van der Waals surface area contributed by atoms with E-state index in [-0.39, 0.29) is 11.5 Å². The first-order valence-corrected chi connectivity index (χ1v) is 11.9. The summed E-state index contributed by atoms with van der Waals surface area (Å²) in [6.07, 6.45) is 4.03. The number of piperidine rings is 1. The molecule has 1 N–H and O–H groups in total. The van der Waals surface area contributed by atoms with Crippen LogP contribution in [0.3, 0.4) is 0 Å². The Kier molecular flexibility index (Phi) is 6.68.